The summed E-state index contributed by atoms with van der Waals surface area (Å²) in [6.45, 7) is 4.19. The Morgan fingerprint density at radius 3 is 2.72 bits per heavy atom. The molecule has 0 bridgehead atoms. The molecule has 0 aliphatic heterocycles. The van der Waals surface area contributed by atoms with Gasteiger partial charge in [-0.25, -0.2) is 4.68 Å². The van der Waals surface area contributed by atoms with Crippen LogP contribution < -0.4 is 5.56 Å². The van der Waals surface area contributed by atoms with E-state index in [1.54, 1.807) is 6.07 Å². The van der Waals surface area contributed by atoms with E-state index in [0.717, 1.165) is 11.1 Å². The zero-order chi connectivity index (χ0) is 13.1. The van der Waals surface area contributed by atoms with Crippen molar-refractivity contribution in [2.45, 2.75) is 26.5 Å². The molecule has 0 fully saturated rings. The van der Waals surface area contributed by atoms with Crippen LogP contribution in [-0.2, 0) is 6.54 Å². The van der Waals surface area contributed by atoms with Crippen LogP contribution in [0.1, 0.15) is 22.8 Å². The van der Waals surface area contributed by atoms with E-state index in [1.165, 1.54) is 22.5 Å². The van der Waals surface area contributed by atoms with Crippen molar-refractivity contribution in [3.05, 3.63) is 63.6 Å². The van der Waals surface area contributed by atoms with Gasteiger partial charge in [0, 0.05) is 12.3 Å². The minimum atomic E-state index is -0.725. The van der Waals surface area contributed by atoms with Crippen molar-refractivity contribution in [1.82, 2.24) is 9.78 Å². The van der Waals surface area contributed by atoms with Crippen LogP contribution in [0.4, 0.5) is 0 Å². The van der Waals surface area contributed by atoms with Crippen LogP contribution in [0.15, 0.2) is 41.3 Å². The number of aromatic nitrogens is 2. The summed E-state index contributed by atoms with van der Waals surface area (Å²) in [7, 11) is 0. The SMILES string of the molecule is Cc1ccc(C(O)Cn2ncccc2=O)cc1C. The summed E-state index contributed by atoms with van der Waals surface area (Å²) in [5.74, 6) is 0. The normalized spacial score (nSPS) is 12.4. The van der Waals surface area contributed by atoms with E-state index in [0.29, 0.717) is 0 Å². The fourth-order valence-electron chi connectivity index (χ4n) is 1.77. The maximum atomic E-state index is 11.5. The van der Waals surface area contributed by atoms with E-state index < -0.39 is 6.10 Å². The number of benzene rings is 1. The first kappa shape index (κ1) is 12.5. The molecule has 4 heteroatoms. The van der Waals surface area contributed by atoms with E-state index in [-0.39, 0.29) is 12.1 Å². The lowest BCUT2D eigenvalue weighted by molar-refractivity contribution is 0.149. The summed E-state index contributed by atoms with van der Waals surface area (Å²) >= 11 is 0. The molecule has 2 aromatic rings. The molecule has 94 valence electrons. The van der Waals surface area contributed by atoms with Crippen LogP contribution in [0.25, 0.3) is 0 Å². The van der Waals surface area contributed by atoms with E-state index in [4.69, 9.17) is 0 Å². The molecular formula is C14H16N2O2. The van der Waals surface area contributed by atoms with Crippen LogP contribution in [-0.4, -0.2) is 14.9 Å². The van der Waals surface area contributed by atoms with Gasteiger partial charge in [0.1, 0.15) is 0 Å². The highest BCUT2D eigenvalue weighted by Crippen LogP contribution is 2.17. The Labute approximate surface area is 106 Å². The summed E-state index contributed by atoms with van der Waals surface area (Å²) in [5.41, 5.74) is 2.90. The van der Waals surface area contributed by atoms with Crippen molar-refractivity contribution in [3.8, 4) is 0 Å². The highest BCUT2D eigenvalue weighted by Gasteiger charge is 2.10. The molecule has 1 N–H and O–H groups in total. The standard InChI is InChI=1S/C14H16N2O2/c1-10-5-6-12(8-11(10)2)13(17)9-16-14(18)4-3-7-15-16/h3-8,13,17H,9H2,1-2H3. The van der Waals surface area contributed by atoms with Crippen LogP contribution >= 0.6 is 0 Å². The van der Waals surface area contributed by atoms with Gasteiger partial charge in [-0.3, -0.25) is 4.79 Å². The molecule has 0 aliphatic rings. The average molecular weight is 244 g/mol. The van der Waals surface area contributed by atoms with Gasteiger partial charge in [0.25, 0.3) is 5.56 Å². The molecular weight excluding hydrogens is 228 g/mol. The minimum Gasteiger partial charge on any atom is -0.386 e. The molecule has 1 heterocycles. The third-order valence-electron chi connectivity index (χ3n) is 3.05. The van der Waals surface area contributed by atoms with Gasteiger partial charge in [-0.2, -0.15) is 5.10 Å². The lowest BCUT2D eigenvalue weighted by atomic mass is 10.0. The second-order valence-corrected chi connectivity index (χ2v) is 4.40. The Morgan fingerprint density at radius 1 is 1.28 bits per heavy atom. The third-order valence-corrected chi connectivity index (χ3v) is 3.05. The highest BCUT2D eigenvalue weighted by molar-refractivity contribution is 5.31. The first-order valence-electron chi connectivity index (χ1n) is 5.85. The summed E-state index contributed by atoms with van der Waals surface area (Å²) < 4.78 is 1.26. The highest BCUT2D eigenvalue weighted by atomic mass is 16.3. The number of aliphatic hydroxyl groups excluding tert-OH is 1. The van der Waals surface area contributed by atoms with E-state index in [9.17, 15) is 9.90 Å². The number of aryl methyl sites for hydroxylation is 2. The molecule has 0 spiro atoms. The molecule has 0 radical (unpaired) electrons. The number of hydrogen-bond donors (Lipinski definition) is 1. The molecule has 1 aromatic carbocycles. The van der Waals surface area contributed by atoms with Crippen molar-refractivity contribution < 1.29 is 5.11 Å². The van der Waals surface area contributed by atoms with Gasteiger partial charge in [0.05, 0.1) is 12.6 Å². The second kappa shape index (κ2) is 5.14. The lowest BCUT2D eigenvalue weighted by Crippen LogP contribution is -2.24. The molecule has 4 nitrogen and oxygen atoms in total. The first-order chi connectivity index (χ1) is 8.58. The maximum Gasteiger partial charge on any atom is 0.266 e. The van der Waals surface area contributed by atoms with Gasteiger partial charge in [-0.15, -0.1) is 0 Å². The summed E-state index contributed by atoms with van der Waals surface area (Å²) in [6.07, 6.45) is 0.811. The Kier molecular flexibility index (Phi) is 3.58. The molecule has 0 amide bonds. The number of aliphatic hydroxyl groups is 1. The summed E-state index contributed by atoms with van der Waals surface area (Å²) in [5, 5.41) is 14.0. The predicted molar refractivity (Wildman–Crippen MR) is 69.4 cm³/mol. The molecule has 0 saturated carbocycles. The van der Waals surface area contributed by atoms with E-state index in [1.807, 2.05) is 32.0 Å². The van der Waals surface area contributed by atoms with Crippen LogP contribution in [0.5, 0.6) is 0 Å². The van der Waals surface area contributed by atoms with Crippen LogP contribution in [0.3, 0.4) is 0 Å². The lowest BCUT2D eigenvalue weighted by Gasteiger charge is -2.13. The Hall–Kier alpha value is -1.94. The number of hydrogen-bond acceptors (Lipinski definition) is 3. The minimum absolute atomic E-state index is 0.169. The van der Waals surface area contributed by atoms with Gasteiger partial charge >= 0.3 is 0 Å². The number of nitrogens with zero attached hydrogens (tertiary/aromatic N) is 2. The van der Waals surface area contributed by atoms with Gasteiger partial charge in [-0.05, 0) is 36.6 Å². The molecule has 1 unspecified atom stereocenters. The summed E-state index contributed by atoms with van der Waals surface area (Å²) in [4.78, 5) is 11.5. The van der Waals surface area contributed by atoms with E-state index in [2.05, 4.69) is 5.10 Å². The van der Waals surface area contributed by atoms with E-state index >= 15 is 0 Å². The van der Waals surface area contributed by atoms with Crippen molar-refractivity contribution >= 4 is 0 Å². The zero-order valence-corrected chi connectivity index (χ0v) is 10.5. The molecule has 0 aliphatic carbocycles. The first-order valence-corrected chi connectivity index (χ1v) is 5.85. The van der Waals surface area contributed by atoms with Gasteiger partial charge in [0.15, 0.2) is 0 Å². The van der Waals surface area contributed by atoms with Crippen LogP contribution in [0, 0.1) is 13.8 Å². The predicted octanol–water partition coefficient (Wildman–Crippen LogP) is 1.59. The Bertz CT molecular complexity index is 605. The zero-order valence-electron chi connectivity index (χ0n) is 10.5. The summed E-state index contributed by atoms with van der Waals surface area (Å²) in [6, 6.07) is 8.80. The molecule has 1 atom stereocenters. The monoisotopic (exact) mass is 244 g/mol. The fraction of sp³-hybridized carbons (Fsp3) is 0.286. The van der Waals surface area contributed by atoms with Gasteiger partial charge in [0.2, 0.25) is 0 Å². The molecule has 1 aromatic heterocycles. The Morgan fingerprint density at radius 2 is 2.06 bits per heavy atom. The van der Waals surface area contributed by atoms with Crippen LogP contribution in [0.2, 0.25) is 0 Å². The fourth-order valence-corrected chi connectivity index (χ4v) is 1.77. The topological polar surface area (TPSA) is 55.1 Å². The number of rotatable bonds is 3. The smallest absolute Gasteiger partial charge is 0.266 e. The van der Waals surface area contributed by atoms with Crippen molar-refractivity contribution in [3.63, 3.8) is 0 Å². The largest absolute Gasteiger partial charge is 0.386 e. The second-order valence-electron chi connectivity index (χ2n) is 4.40. The van der Waals surface area contributed by atoms with Crippen molar-refractivity contribution in [1.29, 1.82) is 0 Å². The molecule has 0 saturated heterocycles. The quantitative estimate of drug-likeness (QED) is 0.892. The van der Waals surface area contributed by atoms with Crippen molar-refractivity contribution in [2.75, 3.05) is 0 Å². The Balaban J connectivity index is 2.22. The van der Waals surface area contributed by atoms with Crippen molar-refractivity contribution in [2.24, 2.45) is 0 Å². The average Bonchev–Trinajstić information content (AvgIpc) is 2.35. The third kappa shape index (κ3) is 2.65. The van der Waals surface area contributed by atoms with Gasteiger partial charge in [-0.1, -0.05) is 18.2 Å². The molecule has 2 rings (SSSR count). The van der Waals surface area contributed by atoms with Gasteiger partial charge < -0.3 is 5.11 Å². The molecule has 18 heavy (non-hydrogen) atoms. The maximum absolute atomic E-state index is 11.5.